The largest absolute Gasteiger partial charge is 0.299 e. The molecule has 3 nitrogen and oxygen atoms in total. The van der Waals surface area contributed by atoms with E-state index in [2.05, 4.69) is 20.9 Å². The van der Waals surface area contributed by atoms with Crippen LogP contribution in [0.15, 0.2) is 53.3 Å². The van der Waals surface area contributed by atoms with Gasteiger partial charge < -0.3 is 0 Å². The molecule has 2 heterocycles. The van der Waals surface area contributed by atoms with E-state index >= 15 is 0 Å². The molecule has 4 heteroatoms. The highest BCUT2D eigenvalue weighted by atomic mass is 79.9. The van der Waals surface area contributed by atoms with Crippen LogP contribution in [0.3, 0.4) is 0 Å². The maximum absolute atomic E-state index is 10.8. The highest BCUT2D eigenvalue weighted by Gasteiger charge is 2.09. The number of fused-ring (bicyclic) bond motifs is 1. The molecule has 3 rings (SSSR count). The van der Waals surface area contributed by atoms with E-state index in [-0.39, 0.29) is 0 Å². The van der Waals surface area contributed by atoms with Crippen LogP contribution in [0.4, 0.5) is 0 Å². The maximum atomic E-state index is 10.8. The van der Waals surface area contributed by atoms with Crippen molar-refractivity contribution in [3.63, 3.8) is 0 Å². The molecule has 0 N–H and O–H groups in total. The molecule has 0 saturated heterocycles. The van der Waals surface area contributed by atoms with Crippen molar-refractivity contribution in [1.82, 2.24) is 9.38 Å². The van der Waals surface area contributed by atoms with Crippen LogP contribution in [0.1, 0.15) is 10.4 Å². The number of aromatic nitrogens is 2. The number of carbonyl (C=O) groups excluding carboxylic acids is 1. The Morgan fingerprint density at radius 3 is 2.78 bits per heavy atom. The van der Waals surface area contributed by atoms with Crippen molar-refractivity contribution in [2.75, 3.05) is 0 Å². The lowest BCUT2D eigenvalue weighted by Gasteiger charge is -2.04. The van der Waals surface area contributed by atoms with Crippen molar-refractivity contribution < 1.29 is 4.79 Å². The first kappa shape index (κ1) is 11.2. The maximum Gasteiger partial charge on any atom is 0.151 e. The lowest BCUT2D eigenvalue weighted by molar-refractivity contribution is 0.112. The van der Waals surface area contributed by atoms with E-state index in [1.54, 1.807) is 18.5 Å². The Labute approximate surface area is 112 Å². The quantitative estimate of drug-likeness (QED) is 0.678. The first-order valence-corrected chi connectivity index (χ1v) is 6.26. The minimum absolute atomic E-state index is 0.633. The third-order valence-corrected chi connectivity index (χ3v) is 3.49. The molecule has 0 aliphatic rings. The van der Waals surface area contributed by atoms with Gasteiger partial charge in [-0.1, -0.05) is 34.1 Å². The Hall–Kier alpha value is -1.94. The molecule has 0 unspecified atom stereocenters. The molecular weight excluding hydrogens is 292 g/mol. The summed E-state index contributed by atoms with van der Waals surface area (Å²) in [5.41, 5.74) is 2.60. The summed E-state index contributed by atoms with van der Waals surface area (Å²) in [7, 11) is 0. The zero-order valence-corrected chi connectivity index (χ0v) is 11.0. The van der Waals surface area contributed by atoms with E-state index < -0.39 is 0 Å². The molecule has 0 fully saturated rings. The van der Waals surface area contributed by atoms with E-state index in [4.69, 9.17) is 0 Å². The first-order chi connectivity index (χ1) is 8.79. The molecule has 18 heavy (non-hydrogen) atoms. The van der Waals surface area contributed by atoms with Gasteiger partial charge in [-0.2, -0.15) is 0 Å². The second kappa shape index (κ2) is 4.38. The smallest absolute Gasteiger partial charge is 0.151 e. The van der Waals surface area contributed by atoms with Crippen LogP contribution >= 0.6 is 15.9 Å². The molecule has 0 radical (unpaired) electrons. The molecule has 3 aromatic rings. The number of hydrogen-bond acceptors (Lipinski definition) is 2. The summed E-state index contributed by atoms with van der Waals surface area (Å²) < 4.78 is 2.90. The molecule has 0 atom stereocenters. The number of aldehydes is 1. The second-order valence-electron chi connectivity index (χ2n) is 3.94. The van der Waals surface area contributed by atoms with Crippen molar-refractivity contribution in [3.05, 3.63) is 58.8 Å². The molecular formula is C14H9BrN2O. The van der Waals surface area contributed by atoms with Crippen molar-refractivity contribution >= 4 is 27.7 Å². The van der Waals surface area contributed by atoms with Gasteiger partial charge >= 0.3 is 0 Å². The number of hydrogen-bond donors (Lipinski definition) is 0. The third-order valence-electron chi connectivity index (χ3n) is 2.80. The van der Waals surface area contributed by atoms with Gasteiger partial charge in [0, 0.05) is 21.8 Å². The van der Waals surface area contributed by atoms with Crippen LogP contribution < -0.4 is 0 Å². The predicted octanol–water partition coefficient (Wildman–Crippen LogP) is 3.58. The topological polar surface area (TPSA) is 34.4 Å². The zero-order chi connectivity index (χ0) is 12.5. The molecule has 0 aliphatic carbocycles. The van der Waals surface area contributed by atoms with Crippen molar-refractivity contribution in [1.29, 1.82) is 0 Å². The number of imidazole rings is 1. The predicted molar refractivity (Wildman–Crippen MR) is 73.7 cm³/mol. The van der Waals surface area contributed by atoms with Crippen LogP contribution in [-0.2, 0) is 0 Å². The average Bonchev–Trinajstić information content (AvgIpc) is 2.82. The zero-order valence-electron chi connectivity index (χ0n) is 9.38. The van der Waals surface area contributed by atoms with Crippen LogP contribution in [0, 0.1) is 0 Å². The van der Waals surface area contributed by atoms with Crippen molar-refractivity contribution in [3.8, 4) is 11.4 Å². The fraction of sp³-hybridized carbons (Fsp3) is 0. The van der Waals surface area contributed by atoms with Gasteiger partial charge in [0.25, 0.3) is 0 Å². The van der Waals surface area contributed by atoms with Gasteiger partial charge in [0.05, 0.1) is 11.7 Å². The van der Waals surface area contributed by atoms with E-state index in [1.165, 1.54) is 0 Å². The van der Waals surface area contributed by atoms with E-state index in [0.717, 1.165) is 27.7 Å². The molecule has 0 bridgehead atoms. The number of rotatable bonds is 2. The highest BCUT2D eigenvalue weighted by molar-refractivity contribution is 9.10. The van der Waals surface area contributed by atoms with Gasteiger partial charge in [0.1, 0.15) is 5.82 Å². The van der Waals surface area contributed by atoms with Gasteiger partial charge in [0.2, 0.25) is 0 Å². The lowest BCUT2D eigenvalue weighted by atomic mass is 10.2. The number of halogens is 1. The molecule has 0 saturated carbocycles. The minimum Gasteiger partial charge on any atom is -0.299 e. The Bertz CT molecular complexity index is 733. The Kier molecular flexibility index (Phi) is 2.72. The Morgan fingerprint density at radius 1 is 1.17 bits per heavy atom. The molecule has 1 aromatic carbocycles. The third kappa shape index (κ3) is 1.75. The van der Waals surface area contributed by atoms with E-state index in [1.807, 2.05) is 34.7 Å². The van der Waals surface area contributed by atoms with Crippen molar-refractivity contribution in [2.45, 2.75) is 0 Å². The summed E-state index contributed by atoms with van der Waals surface area (Å²) >= 11 is 3.52. The van der Waals surface area contributed by atoms with Crippen LogP contribution in [-0.4, -0.2) is 15.7 Å². The van der Waals surface area contributed by atoms with Crippen LogP contribution in [0.25, 0.3) is 16.9 Å². The van der Waals surface area contributed by atoms with E-state index in [0.29, 0.717) is 5.56 Å². The Balaban J connectivity index is 2.29. The monoisotopic (exact) mass is 300 g/mol. The normalized spacial score (nSPS) is 10.7. The van der Waals surface area contributed by atoms with Crippen LogP contribution in [0.5, 0.6) is 0 Å². The van der Waals surface area contributed by atoms with Gasteiger partial charge in [-0.25, -0.2) is 4.98 Å². The summed E-state index contributed by atoms with van der Waals surface area (Å²) in [6.45, 7) is 0. The number of pyridine rings is 1. The van der Waals surface area contributed by atoms with Gasteiger partial charge in [-0.05, 0) is 18.2 Å². The summed E-state index contributed by atoms with van der Waals surface area (Å²) in [6.07, 6.45) is 4.43. The molecule has 0 amide bonds. The second-order valence-corrected chi connectivity index (χ2v) is 4.79. The molecule has 0 spiro atoms. The average molecular weight is 301 g/mol. The standard InChI is InChI=1S/C14H9BrN2O/c15-13-4-2-1-3-12(13)14-16-7-11-6-5-10(9-18)8-17(11)14/h1-9H. The molecule has 0 aliphatic heterocycles. The summed E-state index contributed by atoms with van der Waals surface area (Å²) in [4.78, 5) is 15.3. The fourth-order valence-corrected chi connectivity index (χ4v) is 2.38. The minimum atomic E-state index is 0.633. The van der Waals surface area contributed by atoms with Gasteiger partial charge in [-0.3, -0.25) is 9.20 Å². The highest BCUT2D eigenvalue weighted by Crippen LogP contribution is 2.27. The summed E-state index contributed by atoms with van der Waals surface area (Å²) in [5.74, 6) is 0.821. The van der Waals surface area contributed by atoms with Crippen molar-refractivity contribution in [2.24, 2.45) is 0 Å². The molecule has 88 valence electrons. The first-order valence-electron chi connectivity index (χ1n) is 5.47. The fourth-order valence-electron chi connectivity index (χ4n) is 1.92. The van der Waals surface area contributed by atoms with Gasteiger partial charge in [-0.15, -0.1) is 0 Å². The van der Waals surface area contributed by atoms with Crippen LogP contribution in [0.2, 0.25) is 0 Å². The number of nitrogens with zero attached hydrogens (tertiary/aromatic N) is 2. The lowest BCUT2D eigenvalue weighted by Crippen LogP contribution is -1.92. The Morgan fingerprint density at radius 2 is 2.00 bits per heavy atom. The van der Waals surface area contributed by atoms with E-state index in [9.17, 15) is 4.79 Å². The number of carbonyl (C=O) groups is 1. The SMILES string of the molecule is O=Cc1ccc2cnc(-c3ccccc3Br)n2c1. The molecule has 2 aromatic heterocycles. The summed E-state index contributed by atoms with van der Waals surface area (Å²) in [5, 5.41) is 0. The summed E-state index contributed by atoms with van der Waals surface area (Å²) in [6, 6.07) is 11.6. The van der Waals surface area contributed by atoms with Gasteiger partial charge in [0.15, 0.2) is 6.29 Å². The number of benzene rings is 1.